The van der Waals surface area contributed by atoms with Gasteiger partial charge in [0.15, 0.2) is 5.82 Å². The van der Waals surface area contributed by atoms with Crippen LogP contribution in [0.4, 0.5) is 11.5 Å². The van der Waals surface area contributed by atoms with Gasteiger partial charge in [-0.3, -0.25) is 4.68 Å². The van der Waals surface area contributed by atoms with Gasteiger partial charge in [0.1, 0.15) is 5.75 Å². The number of hydrogen-bond acceptors (Lipinski definition) is 4. The van der Waals surface area contributed by atoms with Gasteiger partial charge < -0.3 is 14.8 Å². The number of hydrogen-bond donors (Lipinski definition) is 1. The Balaban J connectivity index is 2.03. The van der Waals surface area contributed by atoms with E-state index in [-0.39, 0.29) is 0 Å². The van der Waals surface area contributed by atoms with Crippen molar-refractivity contribution in [2.75, 3.05) is 26.1 Å². The van der Waals surface area contributed by atoms with Crippen molar-refractivity contribution in [1.82, 2.24) is 9.78 Å². The van der Waals surface area contributed by atoms with Crippen LogP contribution in [-0.4, -0.2) is 30.6 Å². The van der Waals surface area contributed by atoms with E-state index < -0.39 is 0 Å². The largest absolute Gasteiger partial charge is 0.497 e. The summed E-state index contributed by atoms with van der Waals surface area (Å²) in [6, 6.07) is 13.4. The fraction of sp³-hybridized carbons (Fsp3) is 0.235. The second kappa shape index (κ2) is 6.89. The Morgan fingerprint density at radius 2 is 2.04 bits per heavy atom. The van der Waals surface area contributed by atoms with E-state index in [9.17, 15) is 0 Å². The third kappa shape index (κ3) is 3.41. The zero-order valence-corrected chi connectivity index (χ0v) is 13.8. The van der Waals surface area contributed by atoms with Crippen LogP contribution in [0.3, 0.4) is 0 Å². The van der Waals surface area contributed by atoms with Crippen LogP contribution in [0.15, 0.2) is 42.5 Å². The summed E-state index contributed by atoms with van der Waals surface area (Å²) in [5.41, 5.74) is 1.91. The molecule has 3 aromatic rings. The van der Waals surface area contributed by atoms with Gasteiger partial charge in [-0.25, -0.2) is 0 Å². The summed E-state index contributed by atoms with van der Waals surface area (Å²) < 4.78 is 12.4. The van der Waals surface area contributed by atoms with Gasteiger partial charge in [-0.2, -0.15) is 5.10 Å². The number of methoxy groups -OCH3 is 2. The first-order valence-electron chi connectivity index (χ1n) is 7.27. The highest BCUT2D eigenvalue weighted by molar-refractivity contribution is 6.30. The Bertz CT molecular complexity index is 817. The van der Waals surface area contributed by atoms with Gasteiger partial charge in [0.05, 0.1) is 25.8 Å². The summed E-state index contributed by atoms with van der Waals surface area (Å²) in [6.07, 6.45) is 0. The summed E-state index contributed by atoms with van der Waals surface area (Å²) in [5, 5.41) is 9.64. The van der Waals surface area contributed by atoms with Crippen molar-refractivity contribution in [3.8, 4) is 5.75 Å². The van der Waals surface area contributed by atoms with Crippen molar-refractivity contribution in [1.29, 1.82) is 0 Å². The molecule has 0 bridgehead atoms. The van der Waals surface area contributed by atoms with Crippen LogP contribution >= 0.6 is 11.6 Å². The molecule has 0 amide bonds. The zero-order valence-electron chi connectivity index (χ0n) is 13.0. The monoisotopic (exact) mass is 331 g/mol. The zero-order chi connectivity index (χ0) is 16.2. The smallest absolute Gasteiger partial charge is 0.160 e. The lowest BCUT2D eigenvalue weighted by Crippen LogP contribution is -2.06. The maximum Gasteiger partial charge on any atom is 0.160 e. The van der Waals surface area contributed by atoms with Crippen LogP contribution in [-0.2, 0) is 11.3 Å². The molecule has 1 N–H and O–H groups in total. The van der Waals surface area contributed by atoms with E-state index in [1.165, 1.54) is 0 Å². The average Bonchev–Trinajstić information content (AvgIpc) is 2.90. The maximum atomic E-state index is 6.05. The Labute approximate surface area is 139 Å². The molecule has 0 saturated carbocycles. The van der Waals surface area contributed by atoms with Gasteiger partial charge in [0, 0.05) is 23.2 Å². The molecule has 1 aromatic heterocycles. The van der Waals surface area contributed by atoms with Crippen molar-refractivity contribution in [2.45, 2.75) is 6.54 Å². The number of nitrogens with zero attached hydrogens (tertiary/aromatic N) is 2. The minimum atomic E-state index is 0.597. The molecule has 0 radical (unpaired) electrons. The molecule has 2 aromatic carbocycles. The molecule has 120 valence electrons. The highest BCUT2D eigenvalue weighted by atomic mass is 35.5. The molecule has 0 atom stereocenters. The Kier molecular flexibility index (Phi) is 4.69. The van der Waals surface area contributed by atoms with Gasteiger partial charge in [0.2, 0.25) is 0 Å². The highest BCUT2D eigenvalue weighted by Crippen LogP contribution is 2.30. The summed E-state index contributed by atoms with van der Waals surface area (Å²) in [6.45, 7) is 1.27. The Morgan fingerprint density at radius 3 is 2.78 bits per heavy atom. The second-order valence-corrected chi connectivity index (χ2v) is 5.52. The average molecular weight is 332 g/mol. The lowest BCUT2D eigenvalue weighted by Gasteiger charge is -2.04. The number of anilines is 2. The maximum absolute atomic E-state index is 6.05. The number of nitrogens with one attached hydrogen (secondary N) is 1. The number of halogens is 1. The van der Waals surface area contributed by atoms with E-state index in [2.05, 4.69) is 10.4 Å². The first-order chi connectivity index (χ1) is 11.2. The molecule has 3 rings (SSSR count). The molecule has 0 aliphatic carbocycles. The molecular weight excluding hydrogens is 314 g/mol. The van der Waals surface area contributed by atoms with E-state index in [1.54, 1.807) is 14.2 Å². The van der Waals surface area contributed by atoms with Crippen molar-refractivity contribution >= 4 is 34.0 Å². The number of aromatic nitrogens is 2. The molecule has 1 heterocycles. The topological polar surface area (TPSA) is 48.3 Å². The lowest BCUT2D eigenvalue weighted by molar-refractivity contribution is 0.185. The summed E-state index contributed by atoms with van der Waals surface area (Å²) >= 11 is 6.05. The Hall–Kier alpha value is -2.24. The van der Waals surface area contributed by atoms with Crippen molar-refractivity contribution in [2.24, 2.45) is 0 Å². The molecule has 0 aliphatic rings. The molecule has 0 unspecified atom stereocenters. The van der Waals surface area contributed by atoms with E-state index >= 15 is 0 Å². The molecule has 6 heteroatoms. The normalized spacial score (nSPS) is 10.9. The standard InChI is InChI=1S/C17H18ClN3O2/c1-22-9-8-21-16-7-6-14(23-2)11-15(16)17(20-21)19-13-5-3-4-12(18)10-13/h3-7,10-11H,8-9H2,1-2H3,(H,19,20). The highest BCUT2D eigenvalue weighted by Gasteiger charge is 2.12. The molecule has 0 spiro atoms. The number of rotatable bonds is 6. The van der Waals surface area contributed by atoms with Gasteiger partial charge in [0.25, 0.3) is 0 Å². The fourth-order valence-corrected chi connectivity index (χ4v) is 2.62. The van der Waals surface area contributed by atoms with Crippen LogP contribution in [0.5, 0.6) is 5.75 Å². The molecule has 5 nitrogen and oxygen atoms in total. The molecule has 0 saturated heterocycles. The summed E-state index contributed by atoms with van der Waals surface area (Å²) in [4.78, 5) is 0. The van der Waals surface area contributed by atoms with Crippen molar-refractivity contribution < 1.29 is 9.47 Å². The van der Waals surface area contributed by atoms with Gasteiger partial charge in [-0.15, -0.1) is 0 Å². The van der Waals surface area contributed by atoms with Gasteiger partial charge in [-0.05, 0) is 36.4 Å². The Morgan fingerprint density at radius 1 is 1.17 bits per heavy atom. The SMILES string of the molecule is COCCn1nc(Nc2cccc(Cl)c2)c2cc(OC)ccc21. The molecule has 0 fully saturated rings. The molecule has 0 aliphatic heterocycles. The van der Waals surface area contributed by atoms with E-state index in [1.807, 2.05) is 47.1 Å². The first kappa shape index (κ1) is 15.6. The van der Waals surface area contributed by atoms with Crippen LogP contribution in [0, 0.1) is 0 Å². The first-order valence-corrected chi connectivity index (χ1v) is 7.65. The number of fused-ring (bicyclic) bond motifs is 1. The molecular formula is C17H18ClN3O2. The van der Waals surface area contributed by atoms with Crippen LogP contribution < -0.4 is 10.1 Å². The summed E-state index contributed by atoms with van der Waals surface area (Å²) in [5.74, 6) is 1.55. The minimum absolute atomic E-state index is 0.597. The van der Waals surface area contributed by atoms with E-state index in [0.29, 0.717) is 18.2 Å². The lowest BCUT2D eigenvalue weighted by atomic mass is 10.2. The van der Waals surface area contributed by atoms with Crippen molar-refractivity contribution in [3.05, 3.63) is 47.5 Å². The third-order valence-electron chi connectivity index (χ3n) is 3.55. The summed E-state index contributed by atoms with van der Waals surface area (Å²) in [7, 11) is 3.33. The number of benzene rings is 2. The van der Waals surface area contributed by atoms with E-state index in [4.69, 9.17) is 21.1 Å². The van der Waals surface area contributed by atoms with Gasteiger partial charge >= 0.3 is 0 Å². The van der Waals surface area contributed by atoms with E-state index in [0.717, 1.165) is 28.2 Å². The van der Waals surface area contributed by atoms with Crippen LogP contribution in [0.2, 0.25) is 5.02 Å². The third-order valence-corrected chi connectivity index (χ3v) is 3.79. The predicted molar refractivity (Wildman–Crippen MR) is 92.9 cm³/mol. The quantitative estimate of drug-likeness (QED) is 0.739. The minimum Gasteiger partial charge on any atom is -0.497 e. The van der Waals surface area contributed by atoms with Crippen LogP contribution in [0.25, 0.3) is 10.9 Å². The predicted octanol–water partition coefficient (Wildman–Crippen LogP) is 4.09. The van der Waals surface area contributed by atoms with Crippen LogP contribution in [0.1, 0.15) is 0 Å². The molecule has 23 heavy (non-hydrogen) atoms. The van der Waals surface area contributed by atoms with Gasteiger partial charge in [-0.1, -0.05) is 17.7 Å². The number of ether oxygens (including phenoxy) is 2. The van der Waals surface area contributed by atoms with Crippen molar-refractivity contribution in [3.63, 3.8) is 0 Å². The fourth-order valence-electron chi connectivity index (χ4n) is 2.43. The second-order valence-electron chi connectivity index (χ2n) is 5.08.